The number of hydrogen-bond donors (Lipinski definition) is 0. The van der Waals surface area contributed by atoms with Crippen molar-refractivity contribution in [3.05, 3.63) is 11.3 Å². The average molecular weight is 207 g/mol. The van der Waals surface area contributed by atoms with E-state index in [-0.39, 0.29) is 5.78 Å². The fourth-order valence-electron chi connectivity index (χ4n) is 1.78. The van der Waals surface area contributed by atoms with Gasteiger partial charge >= 0.3 is 0 Å². The van der Waals surface area contributed by atoms with Gasteiger partial charge in [0.05, 0.1) is 6.07 Å². The maximum atomic E-state index is 11.8. The zero-order chi connectivity index (χ0) is 10.0. The first-order chi connectivity index (χ1) is 6.79. The van der Waals surface area contributed by atoms with Crippen molar-refractivity contribution in [3.8, 4) is 6.07 Å². The quantitative estimate of drug-likeness (QED) is 0.698. The van der Waals surface area contributed by atoms with Crippen molar-refractivity contribution < 1.29 is 4.79 Å². The minimum absolute atomic E-state index is 0.00278. The number of Topliss-reactive ketones (excluding diaryl/α,β-unsaturated/α-hetero) is 1. The normalized spacial score (nSPS) is 27.2. The molecular formula is C9H9N3OS. The van der Waals surface area contributed by atoms with Crippen LogP contribution in [0.3, 0.4) is 0 Å². The third-order valence-corrected chi connectivity index (χ3v) is 3.43. The fraction of sp³-hybridized carbons (Fsp3) is 0.556. The number of nitriles is 1. The maximum absolute atomic E-state index is 11.8. The smallest absolute Gasteiger partial charge is 0.168 e. The van der Waals surface area contributed by atoms with Gasteiger partial charge in [0.15, 0.2) is 11.2 Å². The number of aromatic nitrogens is 2. The van der Waals surface area contributed by atoms with E-state index in [1.807, 2.05) is 0 Å². The zero-order valence-electron chi connectivity index (χ0n) is 7.56. The van der Waals surface area contributed by atoms with E-state index in [9.17, 15) is 4.79 Å². The molecule has 1 aliphatic rings. The van der Waals surface area contributed by atoms with E-state index in [1.54, 1.807) is 0 Å². The Morgan fingerprint density at radius 2 is 2.43 bits per heavy atom. The molecule has 0 bridgehead atoms. The van der Waals surface area contributed by atoms with Gasteiger partial charge in [0.2, 0.25) is 0 Å². The van der Waals surface area contributed by atoms with Crippen LogP contribution in [0.15, 0.2) is 6.33 Å². The van der Waals surface area contributed by atoms with Crippen LogP contribution in [0, 0.1) is 11.3 Å². The number of nitrogens with zero attached hydrogens (tertiary/aromatic N) is 3. The molecule has 0 N–H and O–H groups in total. The summed E-state index contributed by atoms with van der Waals surface area (Å²) >= 11 is 1.15. The molecule has 4 nitrogen and oxygen atoms in total. The zero-order valence-corrected chi connectivity index (χ0v) is 8.38. The molecule has 1 aliphatic carbocycles. The Morgan fingerprint density at radius 3 is 3.00 bits per heavy atom. The second-order valence-electron chi connectivity index (χ2n) is 3.39. The van der Waals surface area contributed by atoms with Crippen LogP contribution in [-0.4, -0.2) is 15.1 Å². The second-order valence-corrected chi connectivity index (χ2v) is 4.17. The monoisotopic (exact) mass is 207 g/mol. The predicted octanol–water partition coefficient (Wildman–Crippen LogP) is 1.44. The average Bonchev–Trinajstić information content (AvgIpc) is 2.72. The first-order valence-electron chi connectivity index (χ1n) is 4.51. The van der Waals surface area contributed by atoms with E-state index >= 15 is 0 Å². The van der Waals surface area contributed by atoms with Crippen LogP contribution in [0.4, 0.5) is 0 Å². The van der Waals surface area contributed by atoms with Crippen molar-refractivity contribution in [2.24, 2.45) is 0 Å². The highest BCUT2D eigenvalue weighted by Crippen LogP contribution is 2.36. The lowest BCUT2D eigenvalue weighted by atomic mass is 9.74. The van der Waals surface area contributed by atoms with Gasteiger partial charge in [-0.1, -0.05) is 6.42 Å². The van der Waals surface area contributed by atoms with Crippen LogP contribution in [0.25, 0.3) is 0 Å². The topological polar surface area (TPSA) is 66.6 Å². The highest BCUT2D eigenvalue weighted by atomic mass is 32.1. The van der Waals surface area contributed by atoms with E-state index < -0.39 is 5.41 Å². The van der Waals surface area contributed by atoms with Gasteiger partial charge in [0.25, 0.3) is 0 Å². The molecular weight excluding hydrogens is 198 g/mol. The van der Waals surface area contributed by atoms with Crippen molar-refractivity contribution in [1.82, 2.24) is 9.36 Å². The van der Waals surface area contributed by atoms with E-state index in [4.69, 9.17) is 5.26 Å². The lowest BCUT2D eigenvalue weighted by molar-refractivity contribution is -0.124. The molecule has 1 aromatic heterocycles. The first-order valence-corrected chi connectivity index (χ1v) is 5.28. The molecule has 14 heavy (non-hydrogen) atoms. The molecule has 1 atom stereocenters. The van der Waals surface area contributed by atoms with Crippen LogP contribution in [-0.2, 0) is 10.2 Å². The van der Waals surface area contributed by atoms with Gasteiger partial charge < -0.3 is 0 Å². The van der Waals surface area contributed by atoms with E-state index in [1.165, 1.54) is 6.33 Å². The van der Waals surface area contributed by atoms with E-state index in [2.05, 4.69) is 15.4 Å². The minimum Gasteiger partial charge on any atom is -0.297 e. The molecule has 1 unspecified atom stereocenters. The summed E-state index contributed by atoms with van der Waals surface area (Å²) in [6.07, 6.45) is 4.30. The number of hydrogen-bond acceptors (Lipinski definition) is 5. The largest absolute Gasteiger partial charge is 0.297 e. The summed E-state index contributed by atoms with van der Waals surface area (Å²) in [5, 5.41) is 9.71. The van der Waals surface area contributed by atoms with Crippen molar-refractivity contribution in [1.29, 1.82) is 5.26 Å². The molecule has 0 radical (unpaired) electrons. The summed E-state index contributed by atoms with van der Waals surface area (Å²) in [7, 11) is 0. The second kappa shape index (κ2) is 3.46. The Morgan fingerprint density at radius 1 is 1.57 bits per heavy atom. The van der Waals surface area contributed by atoms with Gasteiger partial charge in [-0.3, -0.25) is 4.79 Å². The highest BCUT2D eigenvalue weighted by molar-refractivity contribution is 7.05. The molecule has 0 spiro atoms. The van der Waals surface area contributed by atoms with Gasteiger partial charge in [-0.05, 0) is 24.4 Å². The van der Waals surface area contributed by atoms with Gasteiger partial charge in [-0.15, -0.1) is 0 Å². The Bertz CT molecular complexity index is 381. The minimum atomic E-state index is -0.987. The standard InChI is InChI=1S/C9H9N3OS/c10-5-9(8-11-6-12-14-8)4-2-1-3-7(9)13/h6H,1-4H2. The van der Waals surface area contributed by atoms with Crippen LogP contribution in [0.2, 0.25) is 0 Å². The summed E-state index contributed by atoms with van der Waals surface area (Å²) in [6.45, 7) is 0. The third-order valence-electron chi connectivity index (χ3n) is 2.60. The Labute approximate surface area is 85.8 Å². The van der Waals surface area contributed by atoms with Gasteiger partial charge in [0, 0.05) is 6.42 Å². The van der Waals surface area contributed by atoms with Gasteiger partial charge in [-0.25, -0.2) is 4.98 Å². The molecule has 1 aromatic rings. The molecule has 72 valence electrons. The van der Waals surface area contributed by atoms with E-state index in [0.717, 1.165) is 24.4 Å². The Balaban J connectivity index is 2.44. The van der Waals surface area contributed by atoms with Crippen LogP contribution in [0.1, 0.15) is 30.7 Å². The Kier molecular flexibility index (Phi) is 2.30. The molecule has 0 amide bonds. The number of carbonyl (C=O) groups excluding carboxylic acids is 1. The number of rotatable bonds is 1. The molecule has 2 rings (SSSR count). The van der Waals surface area contributed by atoms with Gasteiger partial charge in [0.1, 0.15) is 11.3 Å². The molecule has 5 heteroatoms. The van der Waals surface area contributed by atoms with Crippen LogP contribution in [0.5, 0.6) is 0 Å². The number of carbonyl (C=O) groups is 1. The summed E-state index contributed by atoms with van der Waals surface area (Å²) in [6, 6.07) is 2.13. The third kappa shape index (κ3) is 1.23. The molecule has 1 fully saturated rings. The van der Waals surface area contributed by atoms with Crippen molar-refractivity contribution in [3.63, 3.8) is 0 Å². The number of ketones is 1. The lowest BCUT2D eigenvalue weighted by Crippen LogP contribution is -2.37. The van der Waals surface area contributed by atoms with E-state index in [0.29, 0.717) is 17.8 Å². The van der Waals surface area contributed by atoms with Crippen LogP contribution >= 0.6 is 11.5 Å². The van der Waals surface area contributed by atoms with Crippen molar-refractivity contribution >= 4 is 17.3 Å². The molecule has 0 aromatic carbocycles. The predicted molar refractivity (Wildman–Crippen MR) is 50.7 cm³/mol. The Hall–Kier alpha value is -1.28. The summed E-state index contributed by atoms with van der Waals surface area (Å²) in [4.78, 5) is 15.8. The summed E-state index contributed by atoms with van der Waals surface area (Å²) < 4.78 is 3.85. The SMILES string of the molecule is N#CC1(c2ncns2)CCCCC1=O. The molecule has 0 saturated heterocycles. The van der Waals surface area contributed by atoms with Crippen LogP contribution < -0.4 is 0 Å². The molecule has 1 heterocycles. The fourth-order valence-corrected chi connectivity index (χ4v) is 2.49. The van der Waals surface area contributed by atoms with Gasteiger partial charge in [-0.2, -0.15) is 9.64 Å². The maximum Gasteiger partial charge on any atom is 0.168 e. The van der Waals surface area contributed by atoms with Crippen molar-refractivity contribution in [2.75, 3.05) is 0 Å². The highest BCUT2D eigenvalue weighted by Gasteiger charge is 2.44. The summed E-state index contributed by atoms with van der Waals surface area (Å²) in [5.41, 5.74) is -0.987. The molecule has 1 saturated carbocycles. The summed E-state index contributed by atoms with van der Waals surface area (Å²) in [5.74, 6) is 0.00278. The lowest BCUT2D eigenvalue weighted by Gasteiger charge is -2.26. The van der Waals surface area contributed by atoms with Crippen molar-refractivity contribution in [2.45, 2.75) is 31.1 Å². The molecule has 0 aliphatic heterocycles. The first kappa shape index (κ1) is 9.28.